The summed E-state index contributed by atoms with van der Waals surface area (Å²) >= 11 is 0. The third-order valence-corrected chi connectivity index (χ3v) is 9.79. The molecule has 1 N–H and O–H groups in total. The number of nitrogens with zero attached hydrogens (tertiary/aromatic N) is 4. The number of hydrogen-bond donors (Lipinski definition) is 1. The zero-order chi connectivity index (χ0) is 33.4. The van der Waals surface area contributed by atoms with Crippen molar-refractivity contribution in [2.45, 2.75) is 118 Å². The van der Waals surface area contributed by atoms with E-state index in [4.69, 9.17) is 4.98 Å². The van der Waals surface area contributed by atoms with E-state index >= 15 is 0 Å². The van der Waals surface area contributed by atoms with Gasteiger partial charge in [-0.25, -0.2) is 4.98 Å². The number of allylic oxidation sites excluding steroid dienone is 3. The first-order chi connectivity index (χ1) is 22.3. The van der Waals surface area contributed by atoms with Crippen LogP contribution in [0.5, 0.6) is 0 Å². The molecule has 0 aliphatic carbocycles. The number of rotatable bonds is 8. The van der Waals surface area contributed by atoms with Crippen molar-refractivity contribution in [3.8, 4) is 0 Å². The third kappa shape index (κ3) is 7.57. The van der Waals surface area contributed by atoms with Crippen LogP contribution < -0.4 is 0 Å². The summed E-state index contributed by atoms with van der Waals surface area (Å²) in [5, 5.41) is 10.4. The zero-order valence-corrected chi connectivity index (χ0v) is 29.3. The number of carboxylic acids is 1. The Kier molecular flexibility index (Phi) is 12.6. The van der Waals surface area contributed by atoms with Gasteiger partial charge in [-0.05, 0) is 99.0 Å². The Morgan fingerprint density at radius 2 is 1.70 bits per heavy atom. The van der Waals surface area contributed by atoms with Gasteiger partial charge in [0.25, 0.3) is 0 Å². The molecule has 0 radical (unpaired) electrons. The summed E-state index contributed by atoms with van der Waals surface area (Å²) in [6, 6.07) is 7.00. The molecule has 2 aromatic rings. The predicted octanol–water partition coefficient (Wildman–Crippen LogP) is 8.12. The van der Waals surface area contributed by atoms with E-state index in [0.29, 0.717) is 25.4 Å². The molecule has 7 nitrogen and oxygen atoms in total. The Hall–Kier alpha value is -3.45. The molecule has 0 bridgehead atoms. The minimum absolute atomic E-state index is 0.0941. The van der Waals surface area contributed by atoms with Crippen LogP contribution in [0.3, 0.4) is 0 Å². The fourth-order valence-corrected chi connectivity index (χ4v) is 7.51. The molecule has 1 aromatic heterocycles. The quantitative estimate of drug-likeness (QED) is 0.318. The Labute approximate surface area is 277 Å². The van der Waals surface area contributed by atoms with Crippen LogP contribution in [0.4, 0.5) is 0 Å². The SMILES string of the molecule is C=C1C(CCC(=O)O)=C(C)C=C2c3nc4ccc(CC(=O)N5CCC(N6CCCCC6)CC5)cc4c(CCC)c3CN12.CC.CC. The highest BCUT2D eigenvalue weighted by Gasteiger charge is 2.34. The summed E-state index contributed by atoms with van der Waals surface area (Å²) in [7, 11) is 0. The second-order valence-corrected chi connectivity index (χ2v) is 12.5. The van der Waals surface area contributed by atoms with E-state index < -0.39 is 5.97 Å². The molecule has 5 heterocycles. The van der Waals surface area contributed by atoms with Crippen LogP contribution in [-0.4, -0.2) is 68.9 Å². The third-order valence-electron chi connectivity index (χ3n) is 9.79. The molecule has 0 spiro atoms. The molecule has 0 unspecified atom stereocenters. The van der Waals surface area contributed by atoms with Gasteiger partial charge in [-0.1, -0.05) is 60.1 Å². The molecule has 2 fully saturated rings. The van der Waals surface area contributed by atoms with Gasteiger partial charge in [0.15, 0.2) is 0 Å². The first-order valence-corrected chi connectivity index (χ1v) is 17.9. The fourth-order valence-electron chi connectivity index (χ4n) is 7.51. The number of carbonyl (C=O) groups is 2. The summed E-state index contributed by atoms with van der Waals surface area (Å²) < 4.78 is 0. The van der Waals surface area contributed by atoms with Crippen molar-refractivity contribution >= 4 is 28.5 Å². The number of carbonyl (C=O) groups excluding carboxylic acids is 1. The second-order valence-electron chi connectivity index (χ2n) is 12.5. The average Bonchev–Trinajstić information content (AvgIpc) is 3.45. The van der Waals surface area contributed by atoms with Gasteiger partial charge in [0.1, 0.15) is 0 Å². The fraction of sp³-hybridized carbons (Fsp3) is 0.564. The lowest BCUT2D eigenvalue weighted by atomic mass is 9.94. The minimum atomic E-state index is -0.794. The molecule has 0 atom stereocenters. The van der Waals surface area contributed by atoms with Gasteiger partial charge in [-0.3, -0.25) is 9.59 Å². The molecule has 2 saturated heterocycles. The van der Waals surface area contributed by atoms with E-state index in [0.717, 1.165) is 83.5 Å². The Balaban J connectivity index is 0.00000116. The predicted molar refractivity (Wildman–Crippen MR) is 189 cm³/mol. The highest BCUT2D eigenvalue weighted by molar-refractivity contribution is 5.90. The Morgan fingerprint density at radius 3 is 2.35 bits per heavy atom. The molecule has 0 saturated carbocycles. The summed E-state index contributed by atoms with van der Waals surface area (Å²) in [4.78, 5) is 36.7. The number of carboxylic acid groups (broad SMARTS) is 1. The van der Waals surface area contributed by atoms with E-state index in [9.17, 15) is 14.7 Å². The van der Waals surface area contributed by atoms with E-state index in [1.807, 2.05) is 34.6 Å². The van der Waals surface area contributed by atoms with E-state index in [2.05, 4.69) is 52.5 Å². The topological polar surface area (TPSA) is 77.0 Å². The lowest BCUT2D eigenvalue weighted by molar-refractivity contribution is -0.137. The molecular weight excluding hydrogens is 572 g/mol. The van der Waals surface area contributed by atoms with Crippen LogP contribution in [0.25, 0.3) is 16.6 Å². The lowest BCUT2D eigenvalue weighted by Crippen LogP contribution is -2.48. The number of benzene rings is 1. The highest BCUT2D eigenvalue weighted by atomic mass is 16.4. The van der Waals surface area contributed by atoms with E-state index in [1.165, 1.54) is 43.5 Å². The number of aliphatic carboxylic acids is 1. The smallest absolute Gasteiger partial charge is 0.303 e. The zero-order valence-electron chi connectivity index (χ0n) is 29.3. The maximum atomic E-state index is 13.4. The number of pyridine rings is 1. The molecule has 1 aromatic carbocycles. The normalized spacial score (nSPS) is 18.3. The number of aryl methyl sites for hydroxylation is 1. The van der Waals surface area contributed by atoms with Crippen LogP contribution in [0.2, 0.25) is 0 Å². The van der Waals surface area contributed by atoms with Gasteiger partial charge in [0.05, 0.1) is 29.9 Å². The number of piperidine rings is 2. The van der Waals surface area contributed by atoms with E-state index in [-0.39, 0.29) is 12.3 Å². The number of hydrogen-bond acceptors (Lipinski definition) is 5. The van der Waals surface area contributed by atoms with Gasteiger partial charge in [-0.15, -0.1) is 0 Å². The minimum Gasteiger partial charge on any atom is -0.481 e. The van der Waals surface area contributed by atoms with E-state index in [1.54, 1.807) is 0 Å². The first-order valence-electron chi connectivity index (χ1n) is 17.9. The molecule has 46 heavy (non-hydrogen) atoms. The van der Waals surface area contributed by atoms with Gasteiger partial charge in [0.2, 0.25) is 5.91 Å². The van der Waals surface area contributed by atoms with Crippen LogP contribution >= 0.6 is 0 Å². The van der Waals surface area contributed by atoms with Crippen LogP contribution in [-0.2, 0) is 29.0 Å². The molecular formula is C39H56N4O3. The average molecular weight is 629 g/mol. The van der Waals surface area contributed by atoms with Crippen LogP contribution in [0.15, 0.2) is 47.7 Å². The van der Waals surface area contributed by atoms with Gasteiger partial charge >= 0.3 is 5.97 Å². The molecule has 1 amide bonds. The molecule has 4 aliphatic rings. The number of fused-ring (bicyclic) bond motifs is 4. The van der Waals surface area contributed by atoms with Crippen molar-refractivity contribution < 1.29 is 14.7 Å². The first kappa shape index (κ1) is 35.4. The van der Waals surface area contributed by atoms with Crippen LogP contribution in [0.1, 0.15) is 115 Å². The van der Waals surface area contributed by atoms with Crippen molar-refractivity contribution in [3.05, 3.63) is 70.1 Å². The maximum absolute atomic E-state index is 13.4. The van der Waals surface area contributed by atoms with Crippen molar-refractivity contribution in [3.63, 3.8) is 0 Å². The standard InChI is InChI=1S/C35H44N4O3.2C2H6/c1-4-8-28-29-20-25(21-33(40)38-17-13-26(14-18-38)37-15-6-5-7-16-37)9-11-31(29)36-35-30(28)22-39-24(3)27(10-12-34(41)42)23(2)19-32(35)39;2*1-2/h9,11,19-20,26H,3-8,10,12-18,21-22H2,1-2H3,(H,41,42);2*1-2H3. The van der Waals surface area contributed by atoms with Gasteiger partial charge in [0, 0.05) is 42.2 Å². The molecule has 6 rings (SSSR count). The summed E-state index contributed by atoms with van der Waals surface area (Å²) in [6.07, 6.45) is 11.3. The van der Waals surface area contributed by atoms with Crippen molar-refractivity contribution in [1.29, 1.82) is 0 Å². The number of likely N-dealkylation sites (tertiary alicyclic amines) is 2. The highest BCUT2D eigenvalue weighted by Crippen LogP contribution is 2.44. The van der Waals surface area contributed by atoms with Crippen LogP contribution in [0, 0.1) is 0 Å². The summed E-state index contributed by atoms with van der Waals surface area (Å²) in [5.74, 6) is -0.566. The van der Waals surface area contributed by atoms with Crippen molar-refractivity contribution in [1.82, 2.24) is 19.7 Å². The molecule has 250 valence electrons. The summed E-state index contributed by atoms with van der Waals surface area (Å²) in [6.45, 7) is 21.5. The lowest BCUT2D eigenvalue weighted by Gasteiger charge is -2.40. The van der Waals surface area contributed by atoms with Crippen molar-refractivity contribution in [2.75, 3.05) is 26.2 Å². The largest absolute Gasteiger partial charge is 0.481 e. The number of amides is 1. The Bertz CT molecular complexity index is 1480. The van der Waals surface area contributed by atoms with Crippen molar-refractivity contribution in [2.24, 2.45) is 0 Å². The summed E-state index contributed by atoms with van der Waals surface area (Å²) in [5.41, 5.74) is 9.56. The van der Waals surface area contributed by atoms with Gasteiger partial charge in [-0.2, -0.15) is 0 Å². The maximum Gasteiger partial charge on any atom is 0.303 e. The van der Waals surface area contributed by atoms with Gasteiger partial charge < -0.3 is 19.8 Å². The second kappa shape index (κ2) is 16.4. The number of aromatic nitrogens is 1. The molecule has 7 heteroatoms. The monoisotopic (exact) mass is 628 g/mol. The molecule has 4 aliphatic heterocycles. The Morgan fingerprint density at radius 1 is 1.00 bits per heavy atom.